The van der Waals surface area contributed by atoms with Crippen molar-refractivity contribution in [3.63, 3.8) is 0 Å². The minimum Gasteiger partial charge on any atom is -0.495 e. The van der Waals surface area contributed by atoms with Crippen LogP contribution >= 0.6 is 0 Å². The van der Waals surface area contributed by atoms with Crippen molar-refractivity contribution < 1.29 is 17.9 Å². The lowest BCUT2D eigenvalue weighted by Crippen LogP contribution is -2.35. The van der Waals surface area contributed by atoms with Crippen molar-refractivity contribution in [2.24, 2.45) is 5.92 Å². The van der Waals surface area contributed by atoms with Crippen LogP contribution in [0.3, 0.4) is 0 Å². The highest BCUT2D eigenvalue weighted by molar-refractivity contribution is 7.89. The van der Waals surface area contributed by atoms with Crippen LogP contribution in [0.5, 0.6) is 5.75 Å². The Morgan fingerprint density at radius 1 is 1.04 bits per heavy atom. The molecule has 6 nitrogen and oxygen atoms in total. The predicted molar refractivity (Wildman–Crippen MR) is 105 cm³/mol. The van der Waals surface area contributed by atoms with Gasteiger partial charge in [-0.05, 0) is 43.9 Å². The van der Waals surface area contributed by atoms with E-state index in [4.69, 9.17) is 4.74 Å². The summed E-state index contributed by atoms with van der Waals surface area (Å²) in [6.07, 6.45) is 9.14. The normalized spacial score (nSPS) is 20.0. The van der Waals surface area contributed by atoms with E-state index < -0.39 is 10.0 Å². The Morgan fingerprint density at radius 2 is 1.67 bits per heavy atom. The number of carbonyl (C=O) groups excluding carboxylic acids is 1. The van der Waals surface area contributed by atoms with Gasteiger partial charge in [0.15, 0.2) is 0 Å². The van der Waals surface area contributed by atoms with Crippen LogP contribution in [0.15, 0.2) is 23.1 Å². The second kappa shape index (κ2) is 9.06. The van der Waals surface area contributed by atoms with Crippen LogP contribution in [0.25, 0.3) is 0 Å². The molecule has 0 spiro atoms. The van der Waals surface area contributed by atoms with E-state index in [9.17, 15) is 13.2 Å². The number of carbonyl (C=O) groups is 1. The smallest absolute Gasteiger partial charge is 0.246 e. The van der Waals surface area contributed by atoms with Gasteiger partial charge in [-0.3, -0.25) is 4.79 Å². The molecule has 1 saturated carbocycles. The van der Waals surface area contributed by atoms with E-state index in [1.165, 1.54) is 30.3 Å². The number of piperidine rings is 1. The summed E-state index contributed by atoms with van der Waals surface area (Å²) in [5.74, 6) is 0.313. The van der Waals surface area contributed by atoms with E-state index in [-0.39, 0.29) is 16.7 Å². The molecule has 0 atom stereocenters. The number of benzene rings is 1. The fraction of sp³-hybridized carbons (Fsp3) is 0.650. The van der Waals surface area contributed by atoms with Gasteiger partial charge in [-0.25, -0.2) is 8.42 Å². The lowest BCUT2D eigenvalue weighted by molar-refractivity contribution is -0.120. The van der Waals surface area contributed by atoms with Crippen LogP contribution in [-0.4, -0.2) is 38.8 Å². The van der Waals surface area contributed by atoms with Crippen LogP contribution in [-0.2, 0) is 14.8 Å². The average Bonchev–Trinajstić information content (AvgIpc) is 2.98. The molecule has 0 unspecified atom stereocenters. The van der Waals surface area contributed by atoms with E-state index in [0.717, 1.165) is 44.9 Å². The first-order valence-electron chi connectivity index (χ1n) is 10.0. The molecule has 1 aromatic rings. The number of ether oxygens (including phenoxy) is 1. The molecule has 1 aliphatic heterocycles. The number of hydrogen-bond donors (Lipinski definition) is 1. The molecule has 0 radical (unpaired) electrons. The first-order chi connectivity index (χ1) is 13.0. The maximum Gasteiger partial charge on any atom is 0.246 e. The molecule has 27 heavy (non-hydrogen) atoms. The maximum atomic E-state index is 13.1. The molecule has 1 saturated heterocycles. The second-order valence-corrected chi connectivity index (χ2v) is 9.41. The Bertz CT molecular complexity index is 749. The third-order valence-corrected chi connectivity index (χ3v) is 7.51. The minimum absolute atomic E-state index is 0.0108. The lowest BCUT2D eigenvalue weighted by atomic mass is 9.99. The molecule has 7 heteroatoms. The van der Waals surface area contributed by atoms with Gasteiger partial charge in [0.2, 0.25) is 15.9 Å². The summed E-state index contributed by atoms with van der Waals surface area (Å²) >= 11 is 0. The molecule has 1 heterocycles. The summed E-state index contributed by atoms with van der Waals surface area (Å²) in [6.45, 7) is 1.06. The number of sulfonamides is 1. The van der Waals surface area contributed by atoms with Crippen LogP contribution in [0.1, 0.15) is 57.8 Å². The molecule has 1 aliphatic carbocycles. The van der Waals surface area contributed by atoms with Gasteiger partial charge in [-0.2, -0.15) is 4.31 Å². The number of hydrogen-bond acceptors (Lipinski definition) is 4. The molecule has 1 aromatic carbocycles. The summed E-state index contributed by atoms with van der Waals surface area (Å²) in [5.41, 5.74) is 0.514. The summed E-state index contributed by atoms with van der Waals surface area (Å²) in [6, 6.07) is 4.87. The van der Waals surface area contributed by atoms with Gasteiger partial charge in [-0.1, -0.05) is 32.1 Å². The van der Waals surface area contributed by atoms with Crippen molar-refractivity contribution in [2.45, 2.75) is 62.7 Å². The molecule has 2 fully saturated rings. The van der Waals surface area contributed by atoms with Gasteiger partial charge in [0.25, 0.3) is 0 Å². The highest BCUT2D eigenvalue weighted by Gasteiger charge is 2.29. The Kier molecular flexibility index (Phi) is 6.76. The fourth-order valence-electron chi connectivity index (χ4n) is 3.99. The van der Waals surface area contributed by atoms with E-state index in [2.05, 4.69) is 5.32 Å². The fourth-order valence-corrected chi connectivity index (χ4v) is 5.68. The van der Waals surface area contributed by atoms with Crippen molar-refractivity contribution in [2.75, 3.05) is 25.5 Å². The van der Waals surface area contributed by atoms with Crippen molar-refractivity contribution in [1.82, 2.24) is 4.31 Å². The van der Waals surface area contributed by atoms with Crippen LogP contribution < -0.4 is 10.1 Å². The molecule has 150 valence electrons. The molecule has 1 N–H and O–H groups in total. The number of nitrogens with zero attached hydrogens (tertiary/aromatic N) is 1. The Hall–Kier alpha value is -1.60. The SMILES string of the molecule is COc1ccc(NC(=O)C2CCCCCC2)cc1S(=O)(=O)N1CCCCC1. The minimum atomic E-state index is -3.64. The predicted octanol–water partition coefficient (Wildman–Crippen LogP) is 3.78. The van der Waals surface area contributed by atoms with E-state index in [0.29, 0.717) is 24.5 Å². The number of anilines is 1. The average molecular weight is 395 g/mol. The summed E-state index contributed by atoms with van der Waals surface area (Å²) in [4.78, 5) is 12.8. The molecule has 3 rings (SSSR count). The summed E-state index contributed by atoms with van der Waals surface area (Å²) in [7, 11) is -2.17. The molecular formula is C20H30N2O4S. The van der Waals surface area contributed by atoms with Gasteiger partial charge < -0.3 is 10.1 Å². The van der Waals surface area contributed by atoms with Crippen LogP contribution in [0.2, 0.25) is 0 Å². The second-order valence-electron chi connectivity index (χ2n) is 7.51. The van der Waals surface area contributed by atoms with Gasteiger partial charge in [0.1, 0.15) is 10.6 Å². The lowest BCUT2D eigenvalue weighted by Gasteiger charge is -2.26. The molecule has 1 amide bonds. The van der Waals surface area contributed by atoms with Gasteiger partial charge >= 0.3 is 0 Å². The Morgan fingerprint density at radius 3 is 2.30 bits per heavy atom. The molecular weight excluding hydrogens is 364 g/mol. The summed E-state index contributed by atoms with van der Waals surface area (Å²) < 4.78 is 33.0. The zero-order chi connectivity index (χ0) is 19.3. The Labute approximate surface area is 162 Å². The van der Waals surface area contributed by atoms with Gasteiger partial charge in [0.05, 0.1) is 7.11 Å². The quantitative estimate of drug-likeness (QED) is 0.771. The first-order valence-corrected chi connectivity index (χ1v) is 11.5. The Balaban J connectivity index is 1.81. The molecule has 0 bridgehead atoms. The largest absolute Gasteiger partial charge is 0.495 e. The van der Waals surface area contributed by atoms with Crippen molar-refractivity contribution in [3.8, 4) is 5.75 Å². The van der Waals surface area contributed by atoms with Gasteiger partial charge in [0, 0.05) is 24.7 Å². The number of nitrogens with one attached hydrogen (secondary N) is 1. The standard InChI is InChI=1S/C20H30N2O4S/c1-26-18-12-11-17(21-20(23)16-9-5-2-3-6-10-16)15-19(18)27(24,25)22-13-7-4-8-14-22/h11-12,15-16H,2-10,13-14H2,1H3,(H,21,23). The molecule has 2 aliphatic rings. The van der Waals surface area contributed by atoms with Crippen LogP contribution in [0.4, 0.5) is 5.69 Å². The highest BCUT2D eigenvalue weighted by Crippen LogP contribution is 2.32. The summed E-state index contributed by atoms with van der Waals surface area (Å²) in [5, 5.41) is 2.93. The van der Waals surface area contributed by atoms with Crippen molar-refractivity contribution >= 4 is 21.6 Å². The third kappa shape index (κ3) is 4.82. The van der Waals surface area contributed by atoms with E-state index in [1.54, 1.807) is 12.1 Å². The van der Waals surface area contributed by atoms with Crippen LogP contribution in [0, 0.1) is 5.92 Å². The maximum absolute atomic E-state index is 13.1. The highest BCUT2D eigenvalue weighted by atomic mass is 32.2. The van der Waals surface area contributed by atoms with Crippen molar-refractivity contribution in [3.05, 3.63) is 18.2 Å². The number of methoxy groups -OCH3 is 1. The molecule has 0 aromatic heterocycles. The van der Waals surface area contributed by atoms with Gasteiger partial charge in [-0.15, -0.1) is 0 Å². The number of rotatable bonds is 5. The zero-order valence-corrected chi connectivity index (χ0v) is 16.9. The van der Waals surface area contributed by atoms with Crippen molar-refractivity contribution in [1.29, 1.82) is 0 Å². The first kappa shape index (κ1) is 20.1. The van der Waals surface area contributed by atoms with E-state index in [1.807, 2.05) is 0 Å². The third-order valence-electron chi connectivity index (χ3n) is 5.59. The van der Waals surface area contributed by atoms with E-state index >= 15 is 0 Å². The topological polar surface area (TPSA) is 75.7 Å². The number of amides is 1. The zero-order valence-electron chi connectivity index (χ0n) is 16.1. The monoisotopic (exact) mass is 394 g/mol.